The van der Waals surface area contributed by atoms with E-state index >= 15 is 0 Å². The quantitative estimate of drug-likeness (QED) is 0.174. The molecule has 0 atom stereocenters. The van der Waals surface area contributed by atoms with Gasteiger partial charge in [0.25, 0.3) is 0 Å². The zero-order valence-corrected chi connectivity index (χ0v) is 29.8. The minimum Gasteiger partial charge on any atom is -0.456 e. The smallest absolute Gasteiger partial charge is 0.136 e. The largest absolute Gasteiger partial charge is 0.456 e. The van der Waals surface area contributed by atoms with Crippen molar-refractivity contribution in [3.8, 4) is 44.5 Å². The molecule has 1 aromatic heterocycles. The first-order valence-electron chi connectivity index (χ1n) is 18.3. The number of anilines is 3. The Morgan fingerprint density at radius 2 is 0.868 bits per heavy atom. The van der Waals surface area contributed by atoms with E-state index in [1.807, 2.05) is 12.1 Å². The third-order valence-electron chi connectivity index (χ3n) is 11.1. The number of hydrogen-bond acceptors (Lipinski definition) is 2. The Bertz CT molecular complexity index is 2790. The second kappa shape index (κ2) is 12.3. The molecule has 0 saturated carbocycles. The Hall–Kier alpha value is -6.64. The lowest BCUT2D eigenvalue weighted by Gasteiger charge is -2.28. The van der Waals surface area contributed by atoms with Crippen molar-refractivity contribution >= 4 is 39.0 Å². The summed E-state index contributed by atoms with van der Waals surface area (Å²) in [4.78, 5) is 2.37. The highest BCUT2D eigenvalue weighted by Crippen LogP contribution is 2.51. The molecular formula is C51H37NO. The highest BCUT2D eigenvalue weighted by Gasteiger charge is 2.36. The highest BCUT2D eigenvalue weighted by atomic mass is 16.3. The van der Waals surface area contributed by atoms with Crippen molar-refractivity contribution < 1.29 is 4.42 Å². The van der Waals surface area contributed by atoms with Gasteiger partial charge >= 0.3 is 0 Å². The van der Waals surface area contributed by atoms with Crippen LogP contribution in [0, 0.1) is 0 Å². The van der Waals surface area contributed by atoms with Gasteiger partial charge in [0, 0.05) is 33.2 Å². The van der Waals surface area contributed by atoms with Crippen LogP contribution in [0.4, 0.5) is 17.1 Å². The second-order valence-electron chi connectivity index (χ2n) is 14.6. The lowest BCUT2D eigenvalue weighted by Crippen LogP contribution is -2.16. The van der Waals surface area contributed by atoms with E-state index in [-0.39, 0.29) is 5.41 Å². The minimum absolute atomic E-state index is 0.141. The first-order chi connectivity index (χ1) is 26.0. The van der Waals surface area contributed by atoms with Crippen LogP contribution in [0.2, 0.25) is 0 Å². The number of fused-ring (bicyclic) bond motifs is 6. The predicted octanol–water partition coefficient (Wildman–Crippen LogP) is 14.4. The summed E-state index contributed by atoms with van der Waals surface area (Å²) in [6.45, 7) is 4.72. The number of hydrogen-bond donors (Lipinski definition) is 0. The zero-order chi connectivity index (χ0) is 35.5. The average molecular weight is 680 g/mol. The average Bonchev–Trinajstić information content (AvgIpc) is 3.70. The summed E-state index contributed by atoms with van der Waals surface area (Å²) in [7, 11) is 0. The second-order valence-corrected chi connectivity index (χ2v) is 14.6. The molecule has 2 nitrogen and oxygen atoms in total. The van der Waals surface area contributed by atoms with Gasteiger partial charge in [-0.05, 0) is 122 Å². The van der Waals surface area contributed by atoms with Crippen LogP contribution in [0.1, 0.15) is 25.0 Å². The SMILES string of the molecule is CC1(C)c2cc(-c3ccccc3)ccc2-c2ccc(N(c3ccccc3)c3ccc(-c4cccc(-c5ccc6c(c5)oc5ccccc56)c4)cc3)cc21. The Morgan fingerprint density at radius 1 is 0.358 bits per heavy atom. The van der Waals surface area contributed by atoms with Crippen LogP contribution in [-0.4, -0.2) is 0 Å². The van der Waals surface area contributed by atoms with Gasteiger partial charge in [0.2, 0.25) is 0 Å². The van der Waals surface area contributed by atoms with E-state index in [0.29, 0.717) is 0 Å². The molecule has 0 radical (unpaired) electrons. The molecule has 1 aliphatic rings. The maximum Gasteiger partial charge on any atom is 0.136 e. The van der Waals surface area contributed by atoms with E-state index in [1.165, 1.54) is 44.5 Å². The van der Waals surface area contributed by atoms with E-state index in [0.717, 1.165) is 50.1 Å². The molecule has 53 heavy (non-hydrogen) atoms. The fourth-order valence-electron chi connectivity index (χ4n) is 8.29. The highest BCUT2D eigenvalue weighted by molar-refractivity contribution is 6.06. The molecule has 9 aromatic rings. The standard InChI is InChI=1S/C51H37NO/c1-51(2)47-31-38(34-12-5-3-6-13-34)22-27-43(47)44-29-26-42(33-48(44)51)52(40-16-7-4-8-17-40)41-24-20-35(21-25-41)36-14-11-15-37(30-36)39-23-28-46-45-18-9-10-19-49(45)53-50(46)32-39/h3-33H,1-2H3. The normalized spacial score (nSPS) is 12.9. The lowest BCUT2D eigenvalue weighted by molar-refractivity contribution is 0.660. The Labute approximate surface area is 310 Å². The van der Waals surface area contributed by atoms with Gasteiger partial charge in [-0.2, -0.15) is 0 Å². The molecule has 0 fully saturated rings. The molecule has 0 saturated heterocycles. The monoisotopic (exact) mass is 679 g/mol. The predicted molar refractivity (Wildman–Crippen MR) is 222 cm³/mol. The number of furan rings is 1. The number of benzene rings is 8. The third-order valence-corrected chi connectivity index (χ3v) is 11.1. The molecule has 0 unspecified atom stereocenters. The summed E-state index contributed by atoms with van der Waals surface area (Å²) in [6, 6.07) is 67.9. The van der Waals surface area contributed by atoms with Crippen molar-refractivity contribution in [3.63, 3.8) is 0 Å². The third kappa shape index (κ3) is 5.26. The van der Waals surface area contributed by atoms with Crippen LogP contribution in [0.5, 0.6) is 0 Å². The van der Waals surface area contributed by atoms with Gasteiger partial charge in [-0.3, -0.25) is 0 Å². The van der Waals surface area contributed by atoms with E-state index in [4.69, 9.17) is 4.42 Å². The molecule has 1 aliphatic carbocycles. The van der Waals surface area contributed by atoms with Crippen molar-refractivity contribution in [2.45, 2.75) is 19.3 Å². The molecule has 2 heteroatoms. The van der Waals surface area contributed by atoms with E-state index < -0.39 is 0 Å². The van der Waals surface area contributed by atoms with E-state index in [1.54, 1.807) is 0 Å². The molecule has 0 bridgehead atoms. The van der Waals surface area contributed by atoms with Crippen molar-refractivity contribution in [1.82, 2.24) is 0 Å². The maximum absolute atomic E-state index is 6.21. The van der Waals surface area contributed by atoms with Gasteiger partial charge in [0.05, 0.1) is 0 Å². The molecular weight excluding hydrogens is 643 g/mol. The minimum atomic E-state index is -0.141. The Balaban J connectivity index is 0.993. The van der Waals surface area contributed by atoms with Crippen LogP contribution >= 0.6 is 0 Å². The van der Waals surface area contributed by atoms with Gasteiger partial charge in [0.1, 0.15) is 11.2 Å². The fraction of sp³-hybridized carbons (Fsp3) is 0.0588. The summed E-state index contributed by atoms with van der Waals surface area (Å²) < 4.78 is 6.21. The van der Waals surface area contributed by atoms with Crippen LogP contribution in [0.3, 0.4) is 0 Å². The van der Waals surface area contributed by atoms with Gasteiger partial charge < -0.3 is 9.32 Å². The summed E-state index contributed by atoms with van der Waals surface area (Å²) in [5, 5.41) is 2.30. The van der Waals surface area contributed by atoms with Crippen molar-refractivity contribution in [3.05, 3.63) is 199 Å². The summed E-state index contributed by atoms with van der Waals surface area (Å²) >= 11 is 0. The Morgan fingerprint density at radius 3 is 1.66 bits per heavy atom. The van der Waals surface area contributed by atoms with Gasteiger partial charge in [-0.15, -0.1) is 0 Å². The maximum atomic E-state index is 6.21. The molecule has 252 valence electrons. The van der Waals surface area contributed by atoms with Crippen molar-refractivity contribution in [2.75, 3.05) is 4.90 Å². The lowest BCUT2D eigenvalue weighted by atomic mass is 9.81. The number of para-hydroxylation sites is 2. The molecule has 0 spiro atoms. The van der Waals surface area contributed by atoms with Crippen LogP contribution in [0.25, 0.3) is 66.4 Å². The molecule has 1 heterocycles. The number of rotatable bonds is 6. The van der Waals surface area contributed by atoms with Crippen LogP contribution in [-0.2, 0) is 5.41 Å². The molecule has 0 amide bonds. The zero-order valence-electron chi connectivity index (χ0n) is 29.8. The first kappa shape index (κ1) is 31.1. The van der Waals surface area contributed by atoms with Gasteiger partial charge in [-0.1, -0.05) is 135 Å². The van der Waals surface area contributed by atoms with Gasteiger partial charge in [0.15, 0.2) is 0 Å². The van der Waals surface area contributed by atoms with Crippen LogP contribution in [0.15, 0.2) is 192 Å². The van der Waals surface area contributed by atoms with E-state index in [2.05, 4.69) is 195 Å². The number of nitrogens with zero attached hydrogens (tertiary/aromatic N) is 1. The summed E-state index contributed by atoms with van der Waals surface area (Å²) in [5.41, 5.74) is 17.6. The first-order valence-corrected chi connectivity index (χ1v) is 18.3. The molecule has 8 aromatic carbocycles. The molecule has 10 rings (SSSR count). The molecule has 0 N–H and O–H groups in total. The fourth-order valence-corrected chi connectivity index (χ4v) is 8.29. The Kier molecular flexibility index (Phi) is 7.19. The summed E-state index contributed by atoms with van der Waals surface area (Å²) in [6.07, 6.45) is 0. The van der Waals surface area contributed by atoms with E-state index in [9.17, 15) is 0 Å². The van der Waals surface area contributed by atoms with Crippen molar-refractivity contribution in [2.24, 2.45) is 0 Å². The van der Waals surface area contributed by atoms with Gasteiger partial charge in [-0.25, -0.2) is 0 Å². The summed E-state index contributed by atoms with van der Waals surface area (Å²) in [5.74, 6) is 0. The molecule has 0 aliphatic heterocycles. The van der Waals surface area contributed by atoms with Crippen molar-refractivity contribution in [1.29, 1.82) is 0 Å². The topological polar surface area (TPSA) is 16.4 Å². The van der Waals surface area contributed by atoms with Crippen LogP contribution < -0.4 is 4.90 Å².